The summed E-state index contributed by atoms with van der Waals surface area (Å²) in [5.41, 5.74) is 9.10. The van der Waals surface area contributed by atoms with Gasteiger partial charge in [0.1, 0.15) is 0 Å². The highest BCUT2D eigenvalue weighted by Crippen LogP contribution is 2.29. The number of rotatable bonds is 4. The predicted octanol–water partition coefficient (Wildman–Crippen LogP) is 3.03. The minimum absolute atomic E-state index is 0.694. The van der Waals surface area contributed by atoms with Gasteiger partial charge in [0.2, 0.25) is 0 Å². The lowest BCUT2D eigenvalue weighted by Crippen LogP contribution is -2.09. The summed E-state index contributed by atoms with van der Waals surface area (Å²) in [5, 5.41) is 1.04. The highest BCUT2D eigenvalue weighted by Gasteiger charge is 2.10. The lowest BCUT2D eigenvalue weighted by molar-refractivity contribution is 0.968. The molecule has 1 aromatic heterocycles. The zero-order valence-corrected chi connectivity index (χ0v) is 11.9. The van der Waals surface area contributed by atoms with Crippen molar-refractivity contribution in [3.63, 3.8) is 0 Å². The van der Waals surface area contributed by atoms with Gasteiger partial charge in [0.15, 0.2) is 5.13 Å². The number of nitrogens with zero attached hydrogens (tertiary/aromatic N) is 2. The van der Waals surface area contributed by atoms with Crippen molar-refractivity contribution in [3.8, 4) is 0 Å². The van der Waals surface area contributed by atoms with E-state index in [4.69, 9.17) is 5.73 Å². The topological polar surface area (TPSA) is 42.2 Å². The minimum Gasteiger partial charge on any atom is -0.330 e. The molecule has 96 valence electrons. The van der Waals surface area contributed by atoms with Crippen molar-refractivity contribution in [1.29, 1.82) is 0 Å². The molecule has 1 aromatic carbocycles. The maximum Gasteiger partial charge on any atom is 0.190 e. The molecular formula is C14H19N3S. The average Bonchev–Trinajstić information content (AvgIpc) is 2.70. The normalized spacial score (nSPS) is 10.7. The number of aryl methyl sites for hydroxylation is 2. The van der Waals surface area contributed by atoms with Crippen LogP contribution in [0, 0.1) is 13.8 Å². The molecule has 0 bridgehead atoms. The molecule has 0 spiro atoms. The Labute approximate surface area is 112 Å². The minimum atomic E-state index is 0.694. The molecular weight excluding hydrogens is 242 g/mol. The van der Waals surface area contributed by atoms with Gasteiger partial charge in [-0.1, -0.05) is 12.1 Å². The lowest BCUT2D eigenvalue weighted by atomic mass is 10.1. The van der Waals surface area contributed by atoms with E-state index in [1.807, 2.05) is 6.92 Å². The molecule has 2 rings (SSSR count). The van der Waals surface area contributed by atoms with Gasteiger partial charge in [-0.3, -0.25) is 0 Å². The maximum absolute atomic E-state index is 5.55. The predicted molar refractivity (Wildman–Crippen MR) is 78.9 cm³/mol. The van der Waals surface area contributed by atoms with Crippen LogP contribution >= 0.6 is 11.3 Å². The SMILES string of the molecule is Cc1nc(N(C)c2ccc(CCN)cc2)sc1C. The first kappa shape index (κ1) is 13.1. The molecule has 0 aliphatic heterocycles. The van der Waals surface area contributed by atoms with Gasteiger partial charge < -0.3 is 10.6 Å². The Morgan fingerprint density at radius 1 is 1.22 bits per heavy atom. The van der Waals surface area contributed by atoms with Gasteiger partial charge in [-0.15, -0.1) is 11.3 Å². The van der Waals surface area contributed by atoms with E-state index in [0.717, 1.165) is 22.9 Å². The van der Waals surface area contributed by atoms with Gasteiger partial charge >= 0.3 is 0 Å². The Morgan fingerprint density at radius 2 is 1.89 bits per heavy atom. The summed E-state index contributed by atoms with van der Waals surface area (Å²) in [6, 6.07) is 8.51. The molecule has 3 nitrogen and oxygen atoms in total. The largest absolute Gasteiger partial charge is 0.330 e. The van der Waals surface area contributed by atoms with Gasteiger partial charge in [-0.05, 0) is 44.5 Å². The number of hydrogen-bond acceptors (Lipinski definition) is 4. The Bertz CT molecular complexity index is 497. The summed E-state index contributed by atoms with van der Waals surface area (Å²) >= 11 is 1.73. The Hall–Kier alpha value is -1.39. The van der Waals surface area contributed by atoms with E-state index in [1.54, 1.807) is 11.3 Å². The van der Waals surface area contributed by atoms with Crippen LogP contribution in [0.25, 0.3) is 0 Å². The smallest absolute Gasteiger partial charge is 0.190 e. The number of thiazole rings is 1. The van der Waals surface area contributed by atoms with Crippen molar-refractivity contribution in [2.24, 2.45) is 5.73 Å². The second-order valence-electron chi connectivity index (χ2n) is 4.40. The summed E-state index contributed by atoms with van der Waals surface area (Å²) in [6.07, 6.45) is 0.930. The van der Waals surface area contributed by atoms with E-state index in [-0.39, 0.29) is 0 Å². The summed E-state index contributed by atoms with van der Waals surface area (Å²) in [7, 11) is 2.05. The van der Waals surface area contributed by atoms with E-state index in [9.17, 15) is 0 Å². The second-order valence-corrected chi connectivity index (χ2v) is 5.58. The first-order chi connectivity index (χ1) is 8.61. The zero-order chi connectivity index (χ0) is 13.1. The van der Waals surface area contributed by atoms with E-state index in [1.165, 1.54) is 10.4 Å². The summed E-state index contributed by atoms with van der Waals surface area (Å²) in [6.45, 7) is 4.85. The van der Waals surface area contributed by atoms with Crippen molar-refractivity contribution >= 4 is 22.2 Å². The number of anilines is 2. The van der Waals surface area contributed by atoms with Crippen LogP contribution in [-0.2, 0) is 6.42 Å². The zero-order valence-electron chi connectivity index (χ0n) is 11.1. The van der Waals surface area contributed by atoms with Crippen molar-refractivity contribution < 1.29 is 0 Å². The fraction of sp³-hybridized carbons (Fsp3) is 0.357. The lowest BCUT2D eigenvalue weighted by Gasteiger charge is -2.16. The molecule has 18 heavy (non-hydrogen) atoms. The highest BCUT2D eigenvalue weighted by atomic mass is 32.1. The fourth-order valence-corrected chi connectivity index (χ4v) is 2.65. The second kappa shape index (κ2) is 5.50. The fourth-order valence-electron chi connectivity index (χ4n) is 1.76. The molecule has 0 saturated heterocycles. The quantitative estimate of drug-likeness (QED) is 0.920. The molecule has 0 fully saturated rings. The number of nitrogens with two attached hydrogens (primary N) is 1. The molecule has 0 aliphatic rings. The van der Waals surface area contributed by atoms with Gasteiger partial charge in [-0.25, -0.2) is 4.98 Å². The number of hydrogen-bond donors (Lipinski definition) is 1. The number of aromatic nitrogens is 1. The molecule has 2 aromatic rings. The van der Waals surface area contributed by atoms with E-state index in [2.05, 4.69) is 48.1 Å². The average molecular weight is 261 g/mol. The monoisotopic (exact) mass is 261 g/mol. The van der Waals surface area contributed by atoms with Gasteiger partial charge in [0, 0.05) is 17.6 Å². The van der Waals surface area contributed by atoms with E-state index in [0.29, 0.717) is 6.54 Å². The van der Waals surface area contributed by atoms with E-state index >= 15 is 0 Å². The third-order valence-electron chi connectivity index (χ3n) is 3.06. The van der Waals surface area contributed by atoms with Crippen molar-refractivity contribution in [2.75, 3.05) is 18.5 Å². The third-order valence-corrected chi connectivity index (χ3v) is 4.21. The molecule has 0 atom stereocenters. The first-order valence-corrected chi connectivity index (χ1v) is 6.90. The Morgan fingerprint density at radius 3 is 2.39 bits per heavy atom. The molecule has 1 heterocycles. The van der Waals surface area contributed by atoms with Crippen molar-refractivity contribution in [1.82, 2.24) is 4.98 Å². The summed E-state index contributed by atoms with van der Waals surface area (Å²) in [4.78, 5) is 7.97. The number of benzene rings is 1. The van der Waals surface area contributed by atoms with Crippen LogP contribution < -0.4 is 10.6 Å². The van der Waals surface area contributed by atoms with Crippen LogP contribution in [0.1, 0.15) is 16.1 Å². The van der Waals surface area contributed by atoms with Gasteiger partial charge in [0.25, 0.3) is 0 Å². The molecule has 0 amide bonds. The summed E-state index contributed by atoms with van der Waals surface area (Å²) < 4.78 is 0. The molecule has 0 radical (unpaired) electrons. The van der Waals surface area contributed by atoms with Crippen LogP contribution in [0.5, 0.6) is 0 Å². The molecule has 0 saturated carbocycles. The van der Waals surface area contributed by atoms with E-state index < -0.39 is 0 Å². The van der Waals surface area contributed by atoms with Crippen LogP contribution in [0.15, 0.2) is 24.3 Å². The maximum atomic E-state index is 5.55. The Kier molecular flexibility index (Phi) is 3.99. The molecule has 0 aliphatic carbocycles. The Balaban J connectivity index is 2.20. The van der Waals surface area contributed by atoms with Crippen molar-refractivity contribution in [2.45, 2.75) is 20.3 Å². The van der Waals surface area contributed by atoms with Crippen LogP contribution in [0.4, 0.5) is 10.8 Å². The van der Waals surface area contributed by atoms with Gasteiger partial charge in [-0.2, -0.15) is 0 Å². The van der Waals surface area contributed by atoms with Gasteiger partial charge in [0.05, 0.1) is 5.69 Å². The van der Waals surface area contributed by atoms with Crippen molar-refractivity contribution in [3.05, 3.63) is 40.4 Å². The van der Waals surface area contributed by atoms with Crippen LogP contribution in [0.2, 0.25) is 0 Å². The third kappa shape index (κ3) is 2.71. The molecule has 0 unspecified atom stereocenters. The summed E-state index contributed by atoms with van der Waals surface area (Å²) in [5.74, 6) is 0. The standard InChI is InChI=1S/C14H19N3S/c1-10-11(2)18-14(16-10)17(3)13-6-4-12(5-7-13)8-9-15/h4-7H,8-9,15H2,1-3H3. The molecule has 2 N–H and O–H groups in total. The van der Waals surface area contributed by atoms with Crippen LogP contribution in [0.3, 0.4) is 0 Å². The first-order valence-electron chi connectivity index (χ1n) is 6.08. The highest BCUT2D eigenvalue weighted by molar-refractivity contribution is 7.15. The van der Waals surface area contributed by atoms with Crippen LogP contribution in [-0.4, -0.2) is 18.6 Å². The molecule has 4 heteroatoms.